The van der Waals surface area contributed by atoms with Crippen LogP contribution in [0.25, 0.3) is 0 Å². The largest absolute Gasteiger partial charge is 0.493 e. The third-order valence-corrected chi connectivity index (χ3v) is 3.98. The molecule has 1 aliphatic heterocycles. The van der Waals surface area contributed by atoms with Crippen LogP contribution in [-0.4, -0.2) is 43.2 Å². The summed E-state index contributed by atoms with van der Waals surface area (Å²) in [6.07, 6.45) is 2.26. The molecule has 1 unspecified atom stereocenters. The molecule has 0 radical (unpaired) electrons. The molecule has 2 rings (SSSR count). The highest BCUT2D eigenvalue weighted by Crippen LogP contribution is 2.25. The van der Waals surface area contributed by atoms with Crippen LogP contribution in [0.1, 0.15) is 12.8 Å². The molecule has 1 saturated heterocycles. The first kappa shape index (κ1) is 15.1. The predicted molar refractivity (Wildman–Crippen MR) is 84.4 cm³/mol. The number of hydrogen-bond acceptors (Lipinski definition) is 4. The van der Waals surface area contributed by atoms with Crippen molar-refractivity contribution in [3.05, 3.63) is 24.3 Å². The third-order valence-electron chi connectivity index (χ3n) is 3.64. The quantitative estimate of drug-likeness (QED) is 0.814. The Labute approximate surface area is 125 Å². The highest BCUT2D eigenvalue weighted by molar-refractivity contribution is 7.80. The second kappa shape index (κ2) is 7.45. The average molecular weight is 294 g/mol. The van der Waals surface area contributed by atoms with Crippen molar-refractivity contribution >= 4 is 17.2 Å². The van der Waals surface area contributed by atoms with Crippen molar-refractivity contribution in [3.8, 4) is 11.5 Å². The molecule has 1 heterocycles. The van der Waals surface area contributed by atoms with Gasteiger partial charge in [0, 0.05) is 19.0 Å². The molecule has 20 heavy (non-hydrogen) atoms. The lowest BCUT2D eigenvalue weighted by atomic mass is 9.98. The standard InChI is InChI=1S/C15H22N2O2S/c1-18-13-6-2-3-7-14(13)19-10-9-17-8-4-5-12(11-17)15(16)20/h2-3,6-7,12H,4-5,8-11H2,1H3,(H2,16,20). The third kappa shape index (κ3) is 4.08. The minimum atomic E-state index is 0.352. The first-order chi connectivity index (χ1) is 9.70. The van der Waals surface area contributed by atoms with Gasteiger partial charge >= 0.3 is 0 Å². The smallest absolute Gasteiger partial charge is 0.161 e. The van der Waals surface area contributed by atoms with Crippen molar-refractivity contribution in [2.45, 2.75) is 12.8 Å². The molecular weight excluding hydrogens is 272 g/mol. The molecule has 1 fully saturated rings. The number of hydrogen-bond donors (Lipinski definition) is 1. The molecule has 1 aromatic carbocycles. The Morgan fingerprint density at radius 3 is 2.85 bits per heavy atom. The van der Waals surface area contributed by atoms with E-state index in [2.05, 4.69) is 4.90 Å². The van der Waals surface area contributed by atoms with Crippen molar-refractivity contribution < 1.29 is 9.47 Å². The van der Waals surface area contributed by atoms with E-state index < -0.39 is 0 Å². The molecule has 1 aromatic rings. The normalized spacial score (nSPS) is 19.6. The number of nitrogens with two attached hydrogens (primary N) is 1. The fraction of sp³-hybridized carbons (Fsp3) is 0.533. The van der Waals surface area contributed by atoms with Crippen molar-refractivity contribution in [1.29, 1.82) is 0 Å². The van der Waals surface area contributed by atoms with E-state index in [1.165, 1.54) is 0 Å². The van der Waals surface area contributed by atoms with Gasteiger partial charge < -0.3 is 15.2 Å². The van der Waals surface area contributed by atoms with Crippen LogP contribution < -0.4 is 15.2 Å². The zero-order chi connectivity index (χ0) is 14.4. The topological polar surface area (TPSA) is 47.7 Å². The number of benzene rings is 1. The Kier molecular flexibility index (Phi) is 5.61. The van der Waals surface area contributed by atoms with Gasteiger partial charge in [0.25, 0.3) is 0 Å². The van der Waals surface area contributed by atoms with Crippen LogP contribution in [-0.2, 0) is 0 Å². The number of piperidine rings is 1. The van der Waals surface area contributed by atoms with E-state index in [-0.39, 0.29) is 0 Å². The molecule has 110 valence electrons. The van der Waals surface area contributed by atoms with E-state index in [0.29, 0.717) is 17.5 Å². The van der Waals surface area contributed by atoms with Crippen molar-refractivity contribution in [3.63, 3.8) is 0 Å². The molecule has 5 heteroatoms. The van der Waals surface area contributed by atoms with Gasteiger partial charge in [-0.15, -0.1) is 0 Å². The summed E-state index contributed by atoms with van der Waals surface area (Å²) in [7, 11) is 1.65. The Bertz CT molecular complexity index is 453. The van der Waals surface area contributed by atoms with Crippen LogP contribution in [0.5, 0.6) is 11.5 Å². The summed E-state index contributed by atoms with van der Waals surface area (Å²) in [6, 6.07) is 7.71. The maximum Gasteiger partial charge on any atom is 0.161 e. The minimum Gasteiger partial charge on any atom is -0.493 e. The Morgan fingerprint density at radius 2 is 2.15 bits per heavy atom. The number of ether oxygens (including phenoxy) is 2. The van der Waals surface area contributed by atoms with E-state index >= 15 is 0 Å². The van der Waals surface area contributed by atoms with Crippen molar-refractivity contribution in [2.75, 3.05) is 33.4 Å². The number of para-hydroxylation sites is 2. The molecule has 0 saturated carbocycles. The molecule has 4 nitrogen and oxygen atoms in total. The molecule has 1 atom stereocenters. The maximum atomic E-state index is 5.80. The van der Waals surface area contributed by atoms with E-state index in [1.54, 1.807) is 7.11 Å². The lowest BCUT2D eigenvalue weighted by molar-refractivity contribution is 0.166. The Morgan fingerprint density at radius 1 is 1.40 bits per heavy atom. The van der Waals surface area contributed by atoms with Gasteiger partial charge in [-0.3, -0.25) is 4.90 Å². The summed E-state index contributed by atoms with van der Waals surface area (Å²) >= 11 is 5.09. The van der Waals surface area contributed by atoms with Gasteiger partial charge in [-0.25, -0.2) is 0 Å². The van der Waals surface area contributed by atoms with Crippen LogP contribution in [0.15, 0.2) is 24.3 Å². The zero-order valence-electron chi connectivity index (χ0n) is 11.9. The fourth-order valence-electron chi connectivity index (χ4n) is 2.51. The molecular formula is C15H22N2O2S. The molecule has 2 N–H and O–H groups in total. The lowest BCUT2D eigenvalue weighted by Crippen LogP contribution is -2.42. The SMILES string of the molecule is COc1ccccc1OCCN1CCCC(C(N)=S)C1. The molecule has 0 amide bonds. The predicted octanol–water partition coefficient (Wildman–Crippen LogP) is 2.07. The number of methoxy groups -OCH3 is 1. The molecule has 0 bridgehead atoms. The van der Waals surface area contributed by atoms with E-state index in [4.69, 9.17) is 27.4 Å². The second-order valence-corrected chi connectivity index (χ2v) is 5.51. The average Bonchev–Trinajstić information content (AvgIpc) is 2.48. The summed E-state index contributed by atoms with van der Waals surface area (Å²) < 4.78 is 11.1. The van der Waals surface area contributed by atoms with Gasteiger partial charge in [0.05, 0.1) is 12.1 Å². The fourth-order valence-corrected chi connectivity index (χ4v) is 2.71. The molecule has 0 aromatic heterocycles. The lowest BCUT2D eigenvalue weighted by Gasteiger charge is -2.31. The molecule has 0 aliphatic carbocycles. The Hall–Kier alpha value is -1.33. The highest BCUT2D eigenvalue weighted by Gasteiger charge is 2.21. The Balaban J connectivity index is 1.79. The highest BCUT2D eigenvalue weighted by atomic mass is 32.1. The van der Waals surface area contributed by atoms with Crippen LogP contribution in [0, 0.1) is 5.92 Å². The monoisotopic (exact) mass is 294 g/mol. The number of thiocarbonyl (C=S) groups is 1. The van der Waals surface area contributed by atoms with Gasteiger partial charge in [0.1, 0.15) is 6.61 Å². The summed E-state index contributed by atoms with van der Waals surface area (Å²) in [4.78, 5) is 3.00. The van der Waals surface area contributed by atoms with Crippen LogP contribution in [0.2, 0.25) is 0 Å². The van der Waals surface area contributed by atoms with E-state index in [0.717, 1.165) is 44.0 Å². The van der Waals surface area contributed by atoms with Gasteiger partial charge in [-0.05, 0) is 31.5 Å². The first-order valence-corrected chi connectivity index (χ1v) is 7.39. The maximum absolute atomic E-state index is 5.80. The number of nitrogens with zero attached hydrogens (tertiary/aromatic N) is 1. The first-order valence-electron chi connectivity index (χ1n) is 6.98. The molecule has 1 aliphatic rings. The van der Waals surface area contributed by atoms with Crippen LogP contribution in [0.3, 0.4) is 0 Å². The van der Waals surface area contributed by atoms with E-state index in [9.17, 15) is 0 Å². The second-order valence-electron chi connectivity index (χ2n) is 5.04. The van der Waals surface area contributed by atoms with E-state index in [1.807, 2.05) is 24.3 Å². The zero-order valence-corrected chi connectivity index (χ0v) is 12.7. The van der Waals surface area contributed by atoms with Gasteiger partial charge in [-0.1, -0.05) is 24.4 Å². The minimum absolute atomic E-state index is 0.352. The van der Waals surface area contributed by atoms with Crippen LogP contribution >= 0.6 is 12.2 Å². The summed E-state index contributed by atoms with van der Waals surface area (Å²) in [5.74, 6) is 1.91. The van der Waals surface area contributed by atoms with Crippen molar-refractivity contribution in [2.24, 2.45) is 11.7 Å². The summed E-state index contributed by atoms with van der Waals surface area (Å²) in [6.45, 7) is 3.57. The van der Waals surface area contributed by atoms with Gasteiger partial charge in [-0.2, -0.15) is 0 Å². The molecule has 0 spiro atoms. The summed E-state index contributed by atoms with van der Waals surface area (Å²) in [5, 5.41) is 0. The van der Waals surface area contributed by atoms with Crippen molar-refractivity contribution in [1.82, 2.24) is 4.90 Å². The number of likely N-dealkylation sites (tertiary alicyclic amines) is 1. The number of rotatable bonds is 6. The van der Waals surface area contributed by atoms with Gasteiger partial charge in [0.2, 0.25) is 0 Å². The van der Waals surface area contributed by atoms with Crippen LogP contribution in [0.4, 0.5) is 0 Å². The summed E-state index contributed by atoms with van der Waals surface area (Å²) in [5.41, 5.74) is 5.74. The van der Waals surface area contributed by atoms with Gasteiger partial charge in [0.15, 0.2) is 11.5 Å².